The van der Waals surface area contributed by atoms with Crippen molar-refractivity contribution in [3.8, 4) is 0 Å². The third kappa shape index (κ3) is 5.16. The van der Waals surface area contributed by atoms with Gasteiger partial charge in [-0.15, -0.1) is 0 Å². The second kappa shape index (κ2) is 9.99. The van der Waals surface area contributed by atoms with Crippen LogP contribution in [-0.2, 0) is 16.0 Å². The molecule has 0 saturated carbocycles. The van der Waals surface area contributed by atoms with E-state index in [-0.39, 0.29) is 24.3 Å². The minimum atomic E-state index is -0.428. The van der Waals surface area contributed by atoms with Crippen molar-refractivity contribution in [3.05, 3.63) is 66.0 Å². The van der Waals surface area contributed by atoms with Crippen molar-refractivity contribution in [2.45, 2.75) is 44.2 Å². The molecule has 3 rings (SSSR count). The van der Waals surface area contributed by atoms with Crippen molar-refractivity contribution in [2.75, 3.05) is 13.1 Å². The lowest BCUT2D eigenvalue weighted by Crippen LogP contribution is -2.52. The van der Waals surface area contributed by atoms with Gasteiger partial charge in [-0.2, -0.15) is 0 Å². The van der Waals surface area contributed by atoms with Crippen LogP contribution in [0.3, 0.4) is 0 Å². The quantitative estimate of drug-likeness (QED) is 0.771. The Hall–Kier alpha value is -2.73. The van der Waals surface area contributed by atoms with E-state index in [1.807, 2.05) is 48.5 Å². The summed E-state index contributed by atoms with van der Waals surface area (Å²) in [5.41, 5.74) is 7.48. The number of carbonyl (C=O) groups excluding carboxylic acids is 2. The first kappa shape index (κ1) is 20.0. The zero-order chi connectivity index (χ0) is 19.8. The van der Waals surface area contributed by atoms with Gasteiger partial charge < -0.3 is 16.0 Å². The minimum Gasteiger partial charge on any atom is -0.347 e. The standard InChI is InChI=1S/C22H28N4O2/c23-13-12-21(27)26-15-7-5-11-20(26)22(28)25-19(17-8-2-1-3-9-17)16-18-10-4-6-14-24-18/h1-4,6,8-10,14,19-20H,5,7,11-13,15-16,23H2,(H,25,28). The van der Waals surface area contributed by atoms with Gasteiger partial charge in [-0.3, -0.25) is 14.6 Å². The molecule has 28 heavy (non-hydrogen) atoms. The van der Waals surface area contributed by atoms with Crippen LogP contribution >= 0.6 is 0 Å². The lowest BCUT2D eigenvalue weighted by molar-refractivity contribution is -0.142. The summed E-state index contributed by atoms with van der Waals surface area (Å²) in [7, 11) is 0. The second-order valence-corrected chi connectivity index (χ2v) is 7.13. The number of amides is 2. The monoisotopic (exact) mass is 380 g/mol. The number of pyridine rings is 1. The average Bonchev–Trinajstić information content (AvgIpc) is 2.75. The SMILES string of the molecule is NCCC(=O)N1CCCCC1C(=O)NC(Cc1ccccn1)c1ccccc1. The number of carbonyl (C=O) groups is 2. The van der Waals surface area contributed by atoms with Crippen LogP contribution in [0.15, 0.2) is 54.7 Å². The van der Waals surface area contributed by atoms with E-state index in [4.69, 9.17) is 5.73 Å². The summed E-state index contributed by atoms with van der Waals surface area (Å²) in [5, 5.41) is 3.17. The van der Waals surface area contributed by atoms with Crippen LogP contribution in [0.5, 0.6) is 0 Å². The lowest BCUT2D eigenvalue weighted by Gasteiger charge is -2.35. The topological polar surface area (TPSA) is 88.3 Å². The van der Waals surface area contributed by atoms with E-state index < -0.39 is 6.04 Å². The molecule has 1 aromatic heterocycles. The molecule has 0 radical (unpaired) electrons. The van der Waals surface area contributed by atoms with E-state index in [2.05, 4.69) is 10.3 Å². The highest BCUT2D eigenvalue weighted by Gasteiger charge is 2.32. The van der Waals surface area contributed by atoms with Gasteiger partial charge in [-0.25, -0.2) is 0 Å². The first-order valence-electron chi connectivity index (χ1n) is 9.94. The molecule has 1 aliphatic rings. The Morgan fingerprint density at radius 1 is 1.14 bits per heavy atom. The Morgan fingerprint density at radius 3 is 2.64 bits per heavy atom. The van der Waals surface area contributed by atoms with Gasteiger partial charge in [0.05, 0.1) is 6.04 Å². The van der Waals surface area contributed by atoms with Gasteiger partial charge in [0.25, 0.3) is 0 Å². The van der Waals surface area contributed by atoms with Crippen molar-refractivity contribution in [1.82, 2.24) is 15.2 Å². The van der Waals surface area contributed by atoms with Gasteiger partial charge in [-0.05, 0) is 37.0 Å². The molecule has 2 aromatic rings. The molecule has 0 aliphatic carbocycles. The summed E-state index contributed by atoms with van der Waals surface area (Å²) in [4.78, 5) is 31.7. The fourth-order valence-electron chi connectivity index (χ4n) is 3.70. The van der Waals surface area contributed by atoms with Gasteiger partial charge in [0.15, 0.2) is 0 Å². The number of aromatic nitrogens is 1. The third-order valence-corrected chi connectivity index (χ3v) is 5.14. The summed E-state index contributed by atoms with van der Waals surface area (Å²) in [5.74, 6) is -0.141. The molecule has 2 heterocycles. The van der Waals surface area contributed by atoms with Gasteiger partial charge >= 0.3 is 0 Å². The Labute approximate surface area is 166 Å². The zero-order valence-corrected chi connectivity index (χ0v) is 16.1. The summed E-state index contributed by atoms with van der Waals surface area (Å²) >= 11 is 0. The number of hydrogen-bond acceptors (Lipinski definition) is 4. The molecule has 2 amide bonds. The van der Waals surface area contributed by atoms with Gasteiger partial charge in [0.2, 0.25) is 11.8 Å². The van der Waals surface area contributed by atoms with Crippen molar-refractivity contribution in [1.29, 1.82) is 0 Å². The summed E-state index contributed by atoms with van der Waals surface area (Å²) in [6.45, 7) is 0.920. The molecule has 3 N–H and O–H groups in total. The van der Waals surface area contributed by atoms with Crippen LogP contribution < -0.4 is 11.1 Å². The summed E-state index contributed by atoms with van der Waals surface area (Å²) in [6.07, 6.45) is 5.19. The normalized spacial score (nSPS) is 17.8. The highest BCUT2D eigenvalue weighted by atomic mass is 16.2. The molecule has 6 nitrogen and oxygen atoms in total. The first-order chi connectivity index (χ1) is 13.7. The highest BCUT2D eigenvalue weighted by molar-refractivity contribution is 5.88. The van der Waals surface area contributed by atoms with Gasteiger partial charge in [-0.1, -0.05) is 36.4 Å². The van der Waals surface area contributed by atoms with E-state index in [1.165, 1.54) is 0 Å². The Kier molecular flexibility index (Phi) is 7.14. The minimum absolute atomic E-state index is 0.0386. The van der Waals surface area contributed by atoms with Crippen LogP contribution in [0.2, 0.25) is 0 Å². The molecule has 0 bridgehead atoms. The second-order valence-electron chi connectivity index (χ2n) is 7.13. The van der Waals surface area contributed by atoms with Crippen LogP contribution in [0, 0.1) is 0 Å². The average molecular weight is 380 g/mol. The molecule has 6 heteroatoms. The molecule has 1 aromatic carbocycles. The Bertz CT molecular complexity index is 767. The van der Waals surface area contributed by atoms with Crippen LogP contribution in [0.25, 0.3) is 0 Å². The van der Waals surface area contributed by atoms with Crippen molar-refractivity contribution in [3.63, 3.8) is 0 Å². The number of nitrogens with zero attached hydrogens (tertiary/aromatic N) is 2. The number of rotatable bonds is 7. The zero-order valence-electron chi connectivity index (χ0n) is 16.1. The fraction of sp³-hybridized carbons (Fsp3) is 0.409. The van der Waals surface area contributed by atoms with Crippen molar-refractivity contribution >= 4 is 11.8 Å². The van der Waals surface area contributed by atoms with Gasteiger partial charge in [0.1, 0.15) is 6.04 Å². The molecular formula is C22H28N4O2. The molecular weight excluding hydrogens is 352 g/mol. The van der Waals surface area contributed by atoms with Crippen LogP contribution in [0.4, 0.5) is 0 Å². The van der Waals surface area contributed by atoms with E-state index in [0.717, 1.165) is 24.1 Å². The largest absolute Gasteiger partial charge is 0.347 e. The van der Waals surface area contributed by atoms with Gasteiger partial charge in [0, 0.05) is 37.8 Å². The Balaban J connectivity index is 1.77. The molecule has 1 fully saturated rings. The predicted octanol–water partition coefficient (Wildman–Crippen LogP) is 2.21. The van der Waals surface area contributed by atoms with Crippen LogP contribution in [0.1, 0.15) is 43.0 Å². The maximum Gasteiger partial charge on any atom is 0.243 e. The number of piperidine rings is 1. The molecule has 148 valence electrons. The third-order valence-electron chi connectivity index (χ3n) is 5.14. The molecule has 2 unspecified atom stereocenters. The maximum absolute atomic E-state index is 13.1. The van der Waals surface area contributed by atoms with Crippen molar-refractivity contribution in [2.24, 2.45) is 5.73 Å². The highest BCUT2D eigenvalue weighted by Crippen LogP contribution is 2.22. The summed E-state index contributed by atoms with van der Waals surface area (Å²) < 4.78 is 0. The van der Waals surface area contributed by atoms with E-state index in [0.29, 0.717) is 25.9 Å². The van der Waals surface area contributed by atoms with E-state index in [9.17, 15) is 9.59 Å². The molecule has 1 saturated heterocycles. The van der Waals surface area contributed by atoms with Crippen molar-refractivity contribution < 1.29 is 9.59 Å². The smallest absolute Gasteiger partial charge is 0.243 e. The molecule has 0 spiro atoms. The first-order valence-corrected chi connectivity index (χ1v) is 9.94. The Morgan fingerprint density at radius 2 is 1.93 bits per heavy atom. The maximum atomic E-state index is 13.1. The number of nitrogens with two attached hydrogens (primary N) is 1. The fourth-order valence-corrected chi connectivity index (χ4v) is 3.70. The number of benzene rings is 1. The van der Waals surface area contributed by atoms with Crippen LogP contribution in [-0.4, -0.2) is 40.8 Å². The molecule has 2 atom stereocenters. The number of likely N-dealkylation sites (tertiary alicyclic amines) is 1. The summed E-state index contributed by atoms with van der Waals surface area (Å²) in [6, 6.07) is 15.0. The predicted molar refractivity (Wildman–Crippen MR) is 108 cm³/mol. The lowest BCUT2D eigenvalue weighted by atomic mass is 9.98. The number of nitrogens with one attached hydrogen (secondary N) is 1. The van der Waals surface area contributed by atoms with E-state index in [1.54, 1.807) is 11.1 Å². The van der Waals surface area contributed by atoms with E-state index >= 15 is 0 Å². The molecule has 1 aliphatic heterocycles. The number of hydrogen-bond donors (Lipinski definition) is 2.